The average molecular weight is 265 g/mol. The van der Waals surface area contributed by atoms with Gasteiger partial charge in [-0.05, 0) is 23.6 Å². The zero-order valence-corrected chi connectivity index (χ0v) is 10.4. The van der Waals surface area contributed by atoms with E-state index in [0.717, 1.165) is 6.42 Å². The van der Waals surface area contributed by atoms with Crippen molar-refractivity contribution in [2.75, 3.05) is 11.9 Å². The van der Waals surface area contributed by atoms with Crippen LogP contribution in [0.25, 0.3) is 0 Å². The molecule has 0 aliphatic rings. The van der Waals surface area contributed by atoms with E-state index in [1.165, 1.54) is 23.1 Å². The van der Waals surface area contributed by atoms with E-state index < -0.39 is 5.82 Å². The summed E-state index contributed by atoms with van der Waals surface area (Å²) >= 11 is 1.66. The molecule has 1 aromatic heterocycles. The Morgan fingerprint density at radius 3 is 3.00 bits per heavy atom. The van der Waals surface area contributed by atoms with Gasteiger partial charge in [0.1, 0.15) is 11.6 Å². The number of hydrogen-bond acceptors (Lipinski definition) is 3. The van der Waals surface area contributed by atoms with Gasteiger partial charge in [0, 0.05) is 17.4 Å². The topological polar surface area (TPSA) is 38.3 Å². The van der Waals surface area contributed by atoms with E-state index in [1.54, 1.807) is 11.3 Å². The number of rotatable bonds is 6. The third-order valence-corrected chi connectivity index (χ3v) is 3.28. The molecule has 1 N–H and O–H groups in total. The van der Waals surface area contributed by atoms with Gasteiger partial charge < -0.3 is 10.1 Å². The Morgan fingerprint density at radius 2 is 2.28 bits per heavy atom. The molecule has 1 heterocycles. The molecule has 0 unspecified atom stereocenters. The van der Waals surface area contributed by atoms with Crippen LogP contribution in [0.15, 0.2) is 35.7 Å². The van der Waals surface area contributed by atoms with Crippen LogP contribution < -0.4 is 10.1 Å². The monoisotopic (exact) mass is 265 g/mol. The molecule has 0 fully saturated rings. The van der Waals surface area contributed by atoms with E-state index in [-0.39, 0.29) is 0 Å². The smallest absolute Gasteiger partial charge is 0.211 e. The van der Waals surface area contributed by atoms with E-state index in [1.807, 2.05) is 17.5 Å². The summed E-state index contributed by atoms with van der Waals surface area (Å²) in [5, 5.41) is 4.42. The Hall–Kier alpha value is -1.88. The van der Waals surface area contributed by atoms with Gasteiger partial charge in [-0.3, -0.25) is 4.79 Å². The molecule has 0 aliphatic carbocycles. The number of halogens is 1. The average Bonchev–Trinajstić information content (AvgIpc) is 2.85. The number of thiophene rings is 1. The van der Waals surface area contributed by atoms with Crippen molar-refractivity contribution in [1.29, 1.82) is 0 Å². The highest BCUT2D eigenvalue weighted by molar-refractivity contribution is 7.09. The second kappa shape index (κ2) is 6.16. The van der Waals surface area contributed by atoms with Crippen molar-refractivity contribution in [2.45, 2.75) is 6.42 Å². The third-order valence-electron chi connectivity index (χ3n) is 2.34. The number of benzene rings is 1. The van der Waals surface area contributed by atoms with E-state index in [9.17, 15) is 9.18 Å². The molecule has 1 amide bonds. The van der Waals surface area contributed by atoms with Gasteiger partial charge >= 0.3 is 0 Å². The zero-order chi connectivity index (χ0) is 12.8. The van der Waals surface area contributed by atoms with Gasteiger partial charge in [0.25, 0.3) is 0 Å². The van der Waals surface area contributed by atoms with Crippen LogP contribution in [0.1, 0.15) is 4.88 Å². The highest BCUT2D eigenvalue weighted by Gasteiger charge is 2.05. The van der Waals surface area contributed by atoms with Gasteiger partial charge in [0.2, 0.25) is 6.41 Å². The summed E-state index contributed by atoms with van der Waals surface area (Å²) in [7, 11) is 0. The van der Waals surface area contributed by atoms with Crippen LogP contribution in [0.2, 0.25) is 0 Å². The van der Waals surface area contributed by atoms with E-state index in [4.69, 9.17) is 4.74 Å². The van der Waals surface area contributed by atoms with E-state index in [0.29, 0.717) is 24.5 Å². The van der Waals surface area contributed by atoms with Crippen LogP contribution in [0, 0.1) is 5.82 Å². The Bertz CT molecular complexity index is 514. The normalized spacial score (nSPS) is 10.1. The lowest BCUT2D eigenvalue weighted by Gasteiger charge is -2.10. The van der Waals surface area contributed by atoms with Crippen molar-refractivity contribution in [3.05, 3.63) is 46.4 Å². The fourth-order valence-electron chi connectivity index (χ4n) is 1.52. The molecule has 0 atom stereocenters. The second-order valence-corrected chi connectivity index (χ2v) is 4.61. The van der Waals surface area contributed by atoms with Crippen LogP contribution in [0.5, 0.6) is 5.75 Å². The molecule has 0 radical (unpaired) electrons. The first-order valence-corrected chi connectivity index (χ1v) is 6.32. The molecule has 3 nitrogen and oxygen atoms in total. The maximum absolute atomic E-state index is 13.0. The lowest BCUT2D eigenvalue weighted by Crippen LogP contribution is -2.04. The number of nitrogens with one attached hydrogen (secondary N) is 1. The predicted octanol–water partition coefficient (Wildman–Crippen LogP) is 3.08. The summed E-state index contributed by atoms with van der Waals surface area (Å²) in [4.78, 5) is 11.6. The van der Waals surface area contributed by atoms with Gasteiger partial charge in [-0.1, -0.05) is 6.07 Å². The summed E-state index contributed by atoms with van der Waals surface area (Å²) in [6.07, 6.45) is 1.29. The summed E-state index contributed by atoms with van der Waals surface area (Å²) in [5.41, 5.74) is 0.344. The SMILES string of the molecule is O=CNc1cc(F)ccc1OCCc1cccs1. The minimum absolute atomic E-state index is 0.344. The van der Waals surface area contributed by atoms with Crippen molar-refractivity contribution >= 4 is 23.4 Å². The Balaban J connectivity index is 1.97. The highest BCUT2D eigenvalue weighted by Crippen LogP contribution is 2.25. The minimum Gasteiger partial charge on any atom is -0.491 e. The van der Waals surface area contributed by atoms with Crippen molar-refractivity contribution in [3.8, 4) is 5.75 Å². The molecular formula is C13H12FNO2S. The first kappa shape index (κ1) is 12.6. The predicted molar refractivity (Wildman–Crippen MR) is 69.6 cm³/mol. The first-order valence-electron chi connectivity index (χ1n) is 5.44. The van der Waals surface area contributed by atoms with Crippen LogP contribution in [0.3, 0.4) is 0 Å². The van der Waals surface area contributed by atoms with Gasteiger partial charge in [0.05, 0.1) is 12.3 Å². The zero-order valence-electron chi connectivity index (χ0n) is 9.56. The molecule has 18 heavy (non-hydrogen) atoms. The number of anilines is 1. The Kier molecular flexibility index (Phi) is 4.30. The van der Waals surface area contributed by atoms with Gasteiger partial charge in [-0.2, -0.15) is 0 Å². The van der Waals surface area contributed by atoms with Crippen molar-refractivity contribution in [1.82, 2.24) is 0 Å². The fourth-order valence-corrected chi connectivity index (χ4v) is 2.21. The summed E-state index contributed by atoms with van der Waals surface area (Å²) in [6.45, 7) is 0.486. The Morgan fingerprint density at radius 1 is 1.39 bits per heavy atom. The number of amides is 1. The number of ether oxygens (including phenoxy) is 1. The molecule has 0 saturated heterocycles. The van der Waals surface area contributed by atoms with Crippen molar-refractivity contribution in [2.24, 2.45) is 0 Å². The van der Waals surface area contributed by atoms with Crippen LogP contribution in [0.4, 0.5) is 10.1 Å². The van der Waals surface area contributed by atoms with Crippen LogP contribution in [-0.2, 0) is 11.2 Å². The maximum atomic E-state index is 13.0. The van der Waals surface area contributed by atoms with Crippen molar-refractivity contribution in [3.63, 3.8) is 0 Å². The van der Waals surface area contributed by atoms with E-state index in [2.05, 4.69) is 5.32 Å². The molecule has 0 bridgehead atoms. The molecule has 94 valence electrons. The Labute approximate surface area is 108 Å². The number of carbonyl (C=O) groups excluding carboxylic acids is 1. The minimum atomic E-state index is -0.412. The summed E-state index contributed by atoms with van der Waals surface area (Å²) < 4.78 is 18.5. The second-order valence-electron chi connectivity index (χ2n) is 3.58. The first-order chi connectivity index (χ1) is 8.79. The van der Waals surface area contributed by atoms with E-state index >= 15 is 0 Å². The lowest BCUT2D eigenvalue weighted by molar-refractivity contribution is -0.105. The molecule has 2 aromatic rings. The largest absolute Gasteiger partial charge is 0.491 e. The summed E-state index contributed by atoms with van der Waals surface area (Å²) in [6, 6.07) is 8.06. The third kappa shape index (κ3) is 3.30. The van der Waals surface area contributed by atoms with Crippen molar-refractivity contribution < 1.29 is 13.9 Å². The standard InChI is InChI=1S/C13H12FNO2S/c14-10-3-4-13(12(8-10)15-9-16)17-6-5-11-2-1-7-18-11/h1-4,7-9H,5-6H2,(H,15,16). The lowest BCUT2D eigenvalue weighted by atomic mass is 10.3. The number of carbonyl (C=O) groups is 1. The van der Waals surface area contributed by atoms with Gasteiger partial charge in [-0.15, -0.1) is 11.3 Å². The fraction of sp³-hybridized carbons (Fsp3) is 0.154. The molecule has 2 rings (SSSR count). The molecular weight excluding hydrogens is 253 g/mol. The van der Waals surface area contributed by atoms with Gasteiger partial charge in [0.15, 0.2) is 0 Å². The van der Waals surface area contributed by atoms with Crippen LogP contribution >= 0.6 is 11.3 Å². The molecule has 5 heteroatoms. The summed E-state index contributed by atoms with van der Waals surface area (Å²) in [5.74, 6) is 0.0602. The molecule has 0 aliphatic heterocycles. The quantitative estimate of drug-likeness (QED) is 0.815. The highest BCUT2D eigenvalue weighted by atomic mass is 32.1. The van der Waals surface area contributed by atoms with Gasteiger partial charge in [-0.25, -0.2) is 4.39 Å². The maximum Gasteiger partial charge on any atom is 0.211 e. The van der Waals surface area contributed by atoms with Crippen LogP contribution in [-0.4, -0.2) is 13.0 Å². The molecule has 0 spiro atoms. The molecule has 0 saturated carbocycles. The molecule has 1 aromatic carbocycles. The number of hydrogen-bond donors (Lipinski definition) is 1.